The van der Waals surface area contributed by atoms with E-state index in [-0.39, 0.29) is 18.5 Å². The largest absolute Gasteiger partial charge is 0.460 e. The number of anilines is 1. The Labute approximate surface area is 176 Å². The van der Waals surface area contributed by atoms with Crippen molar-refractivity contribution in [3.63, 3.8) is 0 Å². The summed E-state index contributed by atoms with van der Waals surface area (Å²) in [6, 6.07) is 14.8. The summed E-state index contributed by atoms with van der Waals surface area (Å²) in [5.41, 5.74) is 4.30. The second kappa shape index (κ2) is 8.45. The Kier molecular flexibility index (Phi) is 5.74. The number of nitrogens with one attached hydrogen (secondary N) is 3. The molecule has 2 aliphatic rings. The summed E-state index contributed by atoms with van der Waals surface area (Å²) in [5, 5.41) is 18.9. The third-order valence-electron chi connectivity index (χ3n) is 5.22. The van der Waals surface area contributed by atoms with Crippen molar-refractivity contribution in [3.8, 4) is 0 Å². The number of aliphatic imine (C=N–C) groups is 1. The van der Waals surface area contributed by atoms with Gasteiger partial charge >= 0.3 is 0 Å². The normalized spacial score (nSPS) is 17.4. The van der Waals surface area contributed by atoms with E-state index >= 15 is 0 Å². The topological polar surface area (TPSA) is 95.0 Å². The molecule has 2 aromatic carbocycles. The zero-order valence-electron chi connectivity index (χ0n) is 17.4. The minimum absolute atomic E-state index is 0.132. The molecule has 0 unspecified atom stereocenters. The van der Waals surface area contributed by atoms with E-state index in [2.05, 4.69) is 45.2 Å². The molecule has 4 N–H and O–H groups in total. The van der Waals surface area contributed by atoms with E-state index in [0.717, 1.165) is 24.1 Å². The molecule has 1 amide bonds. The quantitative estimate of drug-likeness (QED) is 0.590. The zero-order chi connectivity index (χ0) is 21.1. The van der Waals surface area contributed by atoms with Gasteiger partial charge in [-0.3, -0.25) is 4.79 Å². The number of nitrogens with zero attached hydrogens (tertiary/aromatic N) is 1. The van der Waals surface area contributed by atoms with Crippen LogP contribution in [0.3, 0.4) is 0 Å². The van der Waals surface area contributed by atoms with Crippen LogP contribution in [0.1, 0.15) is 43.0 Å². The fourth-order valence-electron chi connectivity index (χ4n) is 3.79. The lowest BCUT2D eigenvalue weighted by Crippen LogP contribution is -2.38. The van der Waals surface area contributed by atoms with Gasteiger partial charge in [0.1, 0.15) is 6.61 Å². The van der Waals surface area contributed by atoms with E-state index in [0.29, 0.717) is 24.9 Å². The third-order valence-corrected chi connectivity index (χ3v) is 5.22. The summed E-state index contributed by atoms with van der Waals surface area (Å²) < 4.78 is 5.83. The van der Waals surface area contributed by atoms with E-state index in [1.807, 2.05) is 18.2 Å². The molecule has 2 aromatic rings. The molecule has 1 aliphatic carbocycles. The predicted octanol–water partition coefficient (Wildman–Crippen LogP) is 2.78. The van der Waals surface area contributed by atoms with Gasteiger partial charge in [0.15, 0.2) is 0 Å². The van der Waals surface area contributed by atoms with Gasteiger partial charge in [-0.05, 0) is 56.0 Å². The molecule has 0 saturated carbocycles. The van der Waals surface area contributed by atoms with Gasteiger partial charge in [-0.25, -0.2) is 0 Å². The van der Waals surface area contributed by atoms with E-state index in [4.69, 9.17) is 4.74 Å². The van der Waals surface area contributed by atoms with Crippen LogP contribution in [0.4, 0.5) is 11.4 Å². The first-order valence-corrected chi connectivity index (χ1v) is 10.3. The number of hydrogen-bond acceptors (Lipinski definition) is 6. The first kappa shape index (κ1) is 20.4. The van der Waals surface area contributed by atoms with Crippen molar-refractivity contribution in [2.24, 2.45) is 4.99 Å². The maximum absolute atomic E-state index is 12.1. The lowest BCUT2D eigenvalue weighted by Gasteiger charge is -2.22. The van der Waals surface area contributed by atoms with Crippen molar-refractivity contribution in [2.75, 3.05) is 18.4 Å². The van der Waals surface area contributed by atoms with Crippen molar-refractivity contribution >= 4 is 23.3 Å². The Morgan fingerprint density at radius 1 is 1.23 bits per heavy atom. The molecule has 0 spiro atoms. The number of amides is 1. The summed E-state index contributed by atoms with van der Waals surface area (Å²) in [6.07, 6.45) is 2.09. The van der Waals surface area contributed by atoms with Crippen LogP contribution in [0.2, 0.25) is 0 Å². The molecule has 158 valence electrons. The van der Waals surface area contributed by atoms with Gasteiger partial charge in [0.2, 0.25) is 5.91 Å². The first-order valence-electron chi connectivity index (χ1n) is 10.3. The lowest BCUT2D eigenvalue weighted by molar-refractivity contribution is -0.115. The number of aryl methyl sites for hydroxylation is 1. The van der Waals surface area contributed by atoms with E-state index in [1.54, 1.807) is 13.8 Å². The fourth-order valence-corrected chi connectivity index (χ4v) is 3.79. The zero-order valence-corrected chi connectivity index (χ0v) is 17.4. The highest BCUT2D eigenvalue weighted by Crippen LogP contribution is 2.32. The fraction of sp³-hybridized carbons (Fsp3) is 0.391. The van der Waals surface area contributed by atoms with Crippen molar-refractivity contribution in [2.45, 2.75) is 44.9 Å². The number of amidine groups is 1. The summed E-state index contributed by atoms with van der Waals surface area (Å²) >= 11 is 0. The molecular formula is C23H28N4O3. The Balaban J connectivity index is 1.36. The summed E-state index contributed by atoms with van der Waals surface area (Å²) in [5.74, 6) is -0.165. The third kappa shape index (κ3) is 4.98. The molecule has 4 rings (SSSR count). The van der Waals surface area contributed by atoms with Gasteiger partial charge in [-0.1, -0.05) is 24.3 Å². The molecule has 0 aromatic heterocycles. The number of hydrogen-bond donors (Lipinski definition) is 4. The Hall–Kier alpha value is -2.90. The van der Waals surface area contributed by atoms with Crippen LogP contribution in [0.25, 0.3) is 0 Å². The highest BCUT2D eigenvalue weighted by Gasteiger charge is 2.24. The van der Waals surface area contributed by atoms with Gasteiger partial charge < -0.3 is 25.8 Å². The number of rotatable bonds is 6. The van der Waals surface area contributed by atoms with E-state index < -0.39 is 5.60 Å². The van der Waals surface area contributed by atoms with Gasteiger partial charge in [0.25, 0.3) is 6.02 Å². The molecule has 1 aliphatic heterocycles. The molecular weight excluding hydrogens is 380 g/mol. The molecule has 0 fully saturated rings. The van der Waals surface area contributed by atoms with Crippen molar-refractivity contribution in [3.05, 3.63) is 59.2 Å². The molecule has 30 heavy (non-hydrogen) atoms. The number of aliphatic hydroxyl groups is 1. The average molecular weight is 409 g/mol. The van der Waals surface area contributed by atoms with Gasteiger partial charge in [0, 0.05) is 17.8 Å². The van der Waals surface area contributed by atoms with Gasteiger partial charge in [-0.2, -0.15) is 4.99 Å². The summed E-state index contributed by atoms with van der Waals surface area (Å²) in [6.45, 7) is 4.25. The van der Waals surface area contributed by atoms with Crippen molar-refractivity contribution in [1.82, 2.24) is 10.6 Å². The molecule has 7 heteroatoms. The Morgan fingerprint density at radius 2 is 2.07 bits per heavy atom. The molecule has 0 bridgehead atoms. The van der Waals surface area contributed by atoms with E-state index in [9.17, 15) is 9.90 Å². The summed E-state index contributed by atoms with van der Waals surface area (Å²) in [4.78, 5) is 16.7. The number of carbonyl (C=O) groups is 1. The van der Waals surface area contributed by atoms with Crippen LogP contribution >= 0.6 is 0 Å². The first-order chi connectivity index (χ1) is 14.4. The van der Waals surface area contributed by atoms with Crippen LogP contribution in [0.15, 0.2) is 47.5 Å². The standard InChI is InChI=1S/C23H28N4O3/c1-23(2,29)14-24-12-21(28)25-17-8-10-19-16(11-17)13-30-22(26-19)27-20-9-7-15-5-3-4-6-18(15)20/h3-6,8,10-11,20,24,29H,7,9,12-14H2,1-2H3,(H,25,28)(H,26,27)/t20-/m1/s1. The van der Waals surface area contributed by atoms with Crippen LogP contribution < -0.4 is 16.0 Å². The number of fused-ring (bicyclic) bond motifs is 2. The van der Waals surface area contributed by atoms with Crippen molar-refractivity contribution in [1.29, 1.82) is 0 Å². The maximum atomic E-state index is 12.1. The second-order valence-electron chi connectivity index (χ2n) is 8.45. The molecule has 0 saturated heterocycles. The number of benzene rings is 2. The van der Waals surface area contributed by atoms with Gasteiger partial charge in [0.05, 0.1) is 23.9 Å². The minimum atomic E-state index is -0.853. The lowest BCUT2D eigenvalue weighted by atomic mass is 10.1. The smallest absolute Gasteiger partial charge is 0.290 e. The van der Waals surface area contributed by atoms with Crippen LogP contribution in [0.5, 0.6) is 0 Å². The maximum Gasteiger partial charge on any atom is 0.290 e. The summed E-state index contributed by atoms with van der Waals surface area (Å²) in [7, 11) is 0. The van der Waals surface area contributed by atoms with Crippen molar-refractivity contribution < 1.29 is 14.6 Å². The highest BCUT2D eigenvalue weighted by molar-refractivity contribution is 5.92. The van der Waals surface area contributed by atoms with E-state index in [1.165, 1.54) is 11.1 Å². The Morgan fingerprint density at radius 3 is 2.90 bits per heavy atom. The van der Waals surface area contributed by atoms with Crippen LogP contribution in [-0.4, -0.2) is 35.7 Å². The van der Waals surface area contributed by atoms with Crippen LogP contribution in [-0.2, 0) is 22.6 Å². The minimum Gasteiger partial charge on any atom is -0.460 e. The number of carbonyl (C=O) groups excluding carboxylic acids is 1. The molecule has 1 atom stereocenters. The SMILES string of the molecule is CC(C)(O)CNCC(=O)Nc1ccc2c(c1)COC(N[C@@H]1CCc3ccccc31)=N2. The second-order valence-corrected chi connectivity index (χ2v) is 8.45. The van der Waals surface area contributed by atoms with Crippen LogP contribution in [0, 0.1) is 0 Å². The Bertz CT molecular complexity index is 965. The molecule has 1 heterocycles. The van der Waals surface area contributed by atoms with Gasteiger partial charge in [-0.15, -0.1) is 0 Å². The molecule has 7 nitrogen and oxygen atoms in total. The number of ether oxygens (including phenoxy) is 1. The highest BCUT2D eigenvalue weighted by atomic mass is 16.5. The predicted molar refractivity (Wildman–Crippen MR) is 117 cm³/mol. The molecule has 0 radical (unpaired) electrons. The average Bonchev–Trinajstić information content (AvgIpc) is 3.10. The monoisotopic (exact) mass is 408 g/mol.